The molecule has 7 heteroatoms. The quantitative estimate of drug-likeness (QED) is 0.867. The van der Waals surface area contributed by atoms with Gasteiger partial charge in [-0.15, -0.1) is 11.3 Å². The minimum atomic E-state index is -3.52. The van der Waals surface area contributed by atoms with Crippen LogP contribution in [0, 0.1) is 6.92 Å². The third-order valence-corrected chi connectivity index (χ3v) is 5.40. The smallest absolute Gasteiger partial charge is 0.235 e. The number of carbonyl (C=O) groups excluding carboxylic acids is 1. The number of nitrogens with one attached hydrogen (secondary N) is 1. The number of aromatic nitrogens is 1. The van der Waals surface area contributed by atoms with Crippen LogP contribution in [0.15, 0.2) is 29.6 Å². The van der Waals surface area contributed by atoms with Gasteiger partial charge < -0.3 is 5.32 Å². The van der Waals surface area contributed by atoms with E-state index in [0.717, 1.165) is 16.1 Å². The number of hydrogen-bond acceptors (Lipinski definition) is 5. The van der Waals surface area contributed by atoms with Gasteiger partial charge in [0.15, 0.2) is 9.84 Å². The lowest BCUT2D eigenvalue weighted by molar-refractivity contribution is -0.119. The second-order valence-corrected chi connectivity index (χ2v) is 8.69. The average Bonchev–Trinajstić information content (AvgIpc) is 2.85. The van der Waals surface area contributed by atoms with Gasteiger partial charge in [0.25, 0.3) is 0 Å². The molecular formula is C16H20N2O3S2. The van der Waals surface area contributed by atoms with E-state index >= 15 is 0 Å². The first-order valence-electron chi connectivity index (χ1n) is 7.26. The maximum absolute atomic E-state index is 12.1. The van der Waals surface area contributed by atoms with E-state index in [1.54, 1.807) is 19.2 Å². The van der Waals surface area contributed by atoms with Gasteiger partial charge in [-0.25, -0.2) is 13.4 Å². The molecule has 124 valence electrons. The summed E-state index contributed by atoms with van der Waals surface area (Å²) in [5.74, 6) is -1.21. The molecule has 0 unspecified atom stereocenters. The van der Waals surface area contributed by atoms with Crippen molar-refractivity contribution in [2.75, 3.05) is 5.75 Å². The zero-order valence-corrected chi connectivity index (χ0v) is 15.0. The fourth-order valence-electron chi connectivity index (χ4n) is 2.04. The van der Waals surface area contributed by atoms with Crippen LogP contribution in [0.4, 0.5) is 0 Å². The first-order chi connectivity index (χ1) is 10.7. The van der Waals surface area contributed by atoms with Crippen LogP contribution in [0.2, 0.25) is 0 Å². The van der Waals surface area contributed by atoms with Crippen molar-refractivity contribution >= 4 is 27.1 Å². The summed E-state index contributed by atoms with van der Waals surface area (Å²) in [5.41, 5.74) is 2.59. The van der Waals surface area contributed by atoms with Crippen LogP contribution in [-0.4, -0.2) is 31.1 Å². The van der Waals surface area contributed by atoms with E-state index in [2.05, 4.69) is 10.3 Å². The molecule has 1 amide bonds. The SMILES string of the molecule is Cc1ccc(-c2nc(CS(=O)(=O)CC(=O)NC(C)C)cs2)cc1. The number of benzene rings is 1. The van der Waals surface area contributed by atoms with E-state index in [9.17, 15) is 13.2 Å². The molecule has 1 aromatic carbocycles. The molecule has 2 aromatic rings. The van der Waals surface area contributed by atoms with Gasteiger partial charge in [0.1, 0.15) is 10.8 Å². The van der Waals surface area contributed by atoms with Crippen LogP contribution < -0.4 is 5.32 Å². The molecule has 0 aliphatic heterocycles. The highest BCUT2D eigenvalue weighted by molar-refractivity contribution is 7.91. The number of sulfone groups is 1. The topological polar surface area (TPSA) is 76.1 Å². The van der Waals surface area contributed by atoms with Crippen LogP contribution in [0.3, 0.4) is 0 Å². The van der Waals surface area contributed by atoms with Gasteiger partial charge in [-0.3, -0.25) is 4.79 Å². The Morgan fingerprint density at radius 1 is 1.26 bits per heavy atom. The molecule has 2 rings (SSSR count). The minimum Gasteiger partial charge on any atom is -0.353 e. The number of rotatable bonds is 6. The molecule has 1 heterocycles. The third kappa shape index (κ3) is 5.44. The highest BCUT2D eigenvalue weighted by Crippen LogP contribution is 2.24. The fourth-order valence-corrected chi connectivity index (χ4v) is 4.16. The summed E-state index contributed by atoms with van der Waals surface area (Å²) in [4.78, 5) is 16.0. The van der Waals surface area contributed by atoms with Crippen LogP contribution in [0.1, 0.15) is 25.1 Å². The molecule has 0 saturated carbocycles. The second kappa shape index (κ2) is 7.23. The summed E-state index contributed by atoms with van der Waals surface area (Å²) in [7, 11) is -3.52. The van der Waals surface area contributed by atoms with Crippen LogP contribution in [0.25, 0.3) is 10.6 Å². The molecule has 23 heavy (non-hydrogen) atoms. The summed E-state index contributed by atoms with van der Waals surface area (Å²) < 4.78 is 24.2. The number of aryl methyl sites for hydroxylation is 1. The number of hydrogen-bond donors (Lipinski definition) is 1. The Morgan fingerprint density at radius 2 is 1.91 bits per heavy atom. The lowest BCUT2D eigenvalue weighted by Crippen LogP contribution is -2.35. The first-order valence-corrected chi connectivity index (χ1v) is 9.96. The highest BCUT2D eigenvalue weighted by atomic mass is 32.2. The molecule has 0 radical (unpaired) electrons. The van der Waals surface area contributed by atoms with Crippen molar-refractivity contribution in [3.8, 4) is 10.6 Å². The Labute approximate surface area is 140 Å². The summed E-state index contributed by atoms with van der Waals surface area (Å²) in [6.45, 7) is 5.59. The predicted octanol–water partition coefficient (Wildman–Crippen LogP) is 2.56. The molecule has 0 bridgehead atoms. The molecule has 0 aliphatic carbocycles. The standard InChI is InChI=1S/C16H20N2O3S2/c1-11(2)17-15(19)10-23(20,21)9-14-8-22-16(18-14)13-6-4-12(3)5-7-13/h4-8,11H,9-10H2,1-3H3,(H,17,19). The van der Waals surface area contributed by atoms with E-state index in [1.165, 1.54) is 11.3 Å². The van der Waals surface area contributed by atoms with Crippen molar-refractivity contribution in [2.45, 2.75) is 32.6 Å². The Kier molecular flexibility index (Phi) is 5.54. The number of thiazole rings is 1. The summed E-state index contributed by atoms with van der Waals surface area (Å²) in [5, 5.41) is 5.09. The normalized spacial score (nSPS) is 11.7. The molecule has 0 fully saturated rings. The Bertz CT molecular complexity index is 778. The summed E-state index contributed by atoms with van der Waals surface area (Å²) in [6, 6.07) is 7.82. The number of carbonyl (C=O) groups is 1. The molecule has 0 atom stereocenters. The maximum Gasteiger partial charge on any atom is 0.235 e. The monoisotopic (exact) mass is 352 g/mol. The molecule has 0 spiro atoms. The fraction of sp³-hybridized carbons (Fsp3) is 0.375. The number of nitrogens with zero attached hydrogens (tertiary/aromatic N) is 1. The van der Waals surface area contributed by atoms with Crippen molar-refractivity contribution < 1.29 is 13.2 Å². The molecule has 1 aromatic heterocycles. The molecule has 0 saturated heterocycles. The van der Waals surface area contributed by atoms with Gasteiger partial charge in [0.05, 0.1) is 11.4 Å². The van der Waals surface area contributed by atoms with Gasteiger partial charge in [-0.1, -0.05) is 29.8 Å². The van der Waals surface area contributed by atoms with Crippen molar-refractivity contribution in [3.63, 3.8) is 0 Å². The lowest BCUT2D eigenvalue weighted by Gasteiger charge is -2.08. The van der Waals surface area contributed by atoms with Crippen LogP contribution >= 0.6 is 11.3 Å². The van der Waals surface area contributed by atoms with E-state index in [-0.39, 0.29) is 11.8 Å². The van der Waals surface area contributed by atoms with Crippen molar-refractivity contribution in [1.29, 1.82) is 0 Å². The van der Waals surface area contributed by atoms with Crippen molar-refractivity contribution in [3.05, 3.63) is 40.9 Å². The molecular weight excluding hydrogens is 332 g/mol. The highest BCUT2D eigenvalue weighted by Gasteiger charge is 2.19. The van der Waals surface area contributed by atoms with Crippen molar-refractivity contribution in [2.24, 2.45) is 0 Å². The minimum absolute atomic E-state index is 0.0786. The maximum atomic E-state index is 12.1. The average molecular weight is 352 g/mol. The second-order valence-electron chi connectivity index (χ2n) is 5.76. The zero-order valence-electron chi connectivity index (χ0n) is 13.4. The van der Waals surface area contributed by atoms with Crippen LogP contribution in [-0.2, 0) is 20.4 Å². The van der Waals surface area contributed by atoms with E-state index in [4.69, 9.17) is 0 Å². The number of amides is 1. The third-order valence-electron chi connectivity index (χ3n) is 3.02. The van der Waals surface area contributed by atoms with E-state index < -0.39 is 21.5 Å². The van der Waals surface area contributed by atoms with E-state index in [0.29, 0.717) is 5.69 Å². The molecule has 0 aliphatic rings. The van der Waals surface area contributed by atoms with Gasteiger partial charge >= 0.3 is 0 Å². The summed E-state index contributed by atoms with van der Waals surface area (Å²) in [6.07, 6.45) is 0. The Balaban J connectivity index is 2.06. The van der Waals surface area contributed by atoms with Crippen molar-refractivity contribution in [1.82, 2.24) is 10.3 Å². The van der Waals surface area contributed by atoms with Gasteiger partial charge in [0, 0.05) is 17.0 Å². The largest absolute Gasteiger partial charge is 0.353 e. The van der Waals surface area contributed by atoms with Gasteiger partial charge in [0.2, 0.25) is 5.91 Å². The van der Waals surface area contributed by atoms with E-state index in [1.807, 2.05) is 31.2 Å². The Morgan fingerprint density at radius 3 is 2.52 bits per heavy atom. The summed E-state index contributed by atoms with van der Waals surface area (Å²) >= 11 is 1.40. The molecule has 1 N–H and O–H groups in total. The Hall–Kier alpha value is -1.73. The lowest BCUT2D eigenvalue weighted by atomic mass is 10.2. The van der Waals surface area contributed by atoms with Gasteiger partial charge in [-0.05, 0) is 20.8 Å². The first kappa shape index (κ1) is 17.6. The zero-order chi connectivity index (χ0) is 17.0. The van der Waals surface area contributed by atoms with Gasteiger partial charge in [-0.2, -0.15) is 0 Å². The molecule has 5 nitrogen and oxygen atoms in total. The van der Waals surface area contributed by atoms with Crippen LogP contribution in [0.5, 0.6) is 0 Å². The predicted molar refractivity (Wildman–Crippen MR) is 93.1 cm³/mol.